The van der Waals surface area contributed by atoms with Crippen molar-refractivity contribution in [2.24, 2.45) is 5.92 Å². The summed E-state index contributed by atoms with van der Waals surface area (Å²) >= 11 is 0. The van der Waals surface area contributed by atoms with Gasteiger partial charge in [0.15, 0.2) is 0 Å². The number of aryl methyl sites for hydroxylation is 1. The van der Waals surface area contributed by atoms with Crippen LogP contribution in [0.4, 0.5) is 0 Å². The topological polar surface area (TPSA) is 40.1 Å². The highest BCUT2D eigenvalue weighted by atomic mass is 16.4. The van der Waals surface area contributed by atoms with Gasteiger partial charge in [0.25, 0.3) is 0 Å². The molecule has 0 aromatic heterocycles. The molecular formula is C14H19O2-. The number of carboxylic acids is 1. The summed E-state index contributed by atoms with van der Waals surface area (Å²) in [5.74, 6) is -1.19. The first-order valence-corrected chi connectivity index (χ1v) is 5.98. The number of hydrogen-bond donors (Lipinski definition) is 0. The van der Waals surface area contributed by atoms with Crippen LogP contribution in [0.25, 0.3) is 0 Å². The van der Waals surface area contributed by atoms with E-state index in [9.17, 15) is 9.90 Å². The summed E-state index contributed by atoms with van der Waals surface area (Å²) < 4.78 is 0. The Hall–Kier alpha value is -1.31. The van der Waals surface area contributed by atoms with E-state index in [1.54, 1.807) is 0 Å². The highest BCUT2D eigenvalue weighted by Gasteiger charge is 2.09. The summed E-state index contributed by atoms with van der Waals surface area (Å²) in [5.41, 5.74) is 1.20. The van der Waals surface area contributed by atoms with Crippen LogP contribution >= 0.6 is 0 Å². The first-order valence-electron chi connectivity index (χ1n) is 5.98. The molecule has 0 N–H and O–H groups in total. The fourth-order valence-electron chi connectivity index (χ4n) is 1.82. The van der Waals surface area contributed by atoms with E-state index in [0.717, 1.165) is 25.7 Å². The minimum atomic E-state index is -0.899. The Kier molecular flexibility index (Phi) is 5.62. The zero-order chi connectivity index (χ0) is 11.8. The van der Waals surface area contributed by atoms with Crippen LogP contribution in [0.3, 0.4) is 0 Å². The van der Waals surface area contributed by atoms with Gasteiger partial charge in [0.2, 0.25) is 0 Å². The molecule has 2 nitrogen and oxygen atoms in total. The number of rotatable bonds is 7. The van der Waals surface area contributed by atoms with E-state index < -0.39 is 5.97 Å². The van der Waals surface area contributed by atoms with E-state index in [1.165, 1.54) is 5.56 Å². The molecule has 1 aromatic carbocycles. The van der Waals surface area contributed by atoms with Crippen LogP contribution < -0.4 is 5.11 Å². The Morgan fingerprint density at radius 2 is 1.94 bits per heavy atom. The summed E-state index contributed by atoms with van der Waals surface area (Å²) in [6.45, 7) is 2.07. The number of hydrogen-bond acceptors (Lipinski definition) is 2. The average Bonchev–Trinajstić information content (AvgIpc) is 2.30. The van der Waals surface area contributed by atoms with Crippen molar-refractivity contribution in [3.05, 3.63) is 35.9 Å². The van der Waals surface area contributed by atoms with E-state index in [4.69, 9.17) is 0 Å². The maximum Gasteiger partial charge on any atom is 0.0445 e. The fraction of sp³-hybridized carbons (Fsp3) is 0.500. The van der Waals surface area contributed by atoms with E-state index in [2.05, 4.69) is 6.92 Å². The van der Waals surface area contributed by atoms with Crippen molar-refractivity contribution in [3.63, 3.8) is 0 Å². The maximum atomic E-state index is 10.9. The lowest BCUT2D eigenvalue weighted by molar-refractivity contribution is -0.312. The van der Waals surface area contributed by atoms with Gasteiger partial charge in [0.05, 0.1) is 0 Å². The van der Waals surface area contributed by atoms with Crippen LogP contribution in [-0.4, -0.2) is 5.97 Å². The average molecular weight is 219 g/mol. The lowest BCUT2D eigenvalue weighted by Crippen LogP contribution is -2.31. The number of carbonyl (C=O) groups is 1. The molecule has 0 saturated carbocycles. The highest BCUT2D eigenvalue weighted by molar-refractivity contribution is 5.67. The van der Waals surface area contributed by atoms with Gasteiger partial charge >= 0.3 is 0 Å². The van der Waals surface area contributed by atoms with Gasteiger partial charge in [-0.05, 0) is 30.7 Å². The first-order chi connectivity index (χ1) is 7.74. The predicted octanol–water partition coefficient (Wildman–Crippen LogP) is 2.18. The molecule has 0 spiro atoms. The molecule has 0 aliphatic heterocycles. The highest BCUT2D eigenvalue weighted by Crippen LogP contribution is 2.15. The van der Waals surface area contributed by atoms with Crippen molar-refractivity contribution in [1.29, 1.82) is 0 Å². The molecule has 0 saturated heterocycles. The van der Waals surface area contributed by atoms with Gasteiger partial charge in [0.1, 0.15) is 0 Å². The molecule has 1 aromatic rings. The minimum absolute atomic E-state index is 0.292. The van der Waals surface area contributed by atoms with Gasteiger partial charge in [0, 0.05) is 5.97 Å². The molecule has 0 fully saturated rings. The quantitative estimate of drug-likeness (QED) is 0.705. The zero-order valence-electron chi connectivity index (χ0n) is 9.82. The Balaban J connectivity index is 2.41. The van der Waals surface area contributed by atoms with Crippen molar-refractivity contribution in [3.8, 4) is 0 Å². The number of aliphatic carboxylic acids is 1. The number of carbonyl (C=O) groups excluding carboxylic acids is 1. The van der Waals surface area contributed by atoms with E-state index in [0.29, 0.717) is 6.42 Å². The lowest BCUT2D eigenvalue weighted by atomic mass is 9.95. The molecular weight excluding hydrogens is 200 g/mol. The van der Waals surface area contributed by atoms with Crippen molar-refractivity contribution in [1.82, 2.24) is 0 Å². The third-order valence-electron chi connectivity index (χ3n) is 2.86. The summed E-state index contributed by atoms with van der Waals surface area (Å²) in [6.07, 6.45) is 4.25. The van der Waals surface area contributed by atoms with Crippen LogP contribution in [-0.2, 0) is 11.2 Å². The zero-order valence-corrected chi connectivity index (χ0v) is 9.82. The summed E-state index contributed by atoms with van der Waals surface area (Å²) in [7, 11) is 0. The Bertz CT molecular complexity index is 306. The maximum absolute atomic E-state index is 10.9. The van der Waals surface area contributed by atoms with Crippen molar-refractivity contribution in [2.45, 2.75) is 39.0 Å². The SMILES string of the molecule is CCCCC(CCc1ccccc1)C(=O)[O-]. The molecule has 1 atom stereocenters. The third-order valence-corrected chi connectivity index (χ3v) is 2.86. The molecule has 0 bridgehead atoms. The fourth-order valence-corrected chi connectivity index (χ4v) is 1.82. The van der Waals surface area contributed by atoms with Gasteiger partial charge in [-0.25, -0.2) is 0 Å². The van der Waals surface area contributed by atoms with Gasteiger partial charge in [-0.3, -0.25) is 0 Å². The monoisotopic (exact) mass is 219 g/mol. The Labute approximate surface area is 97.3 Å². The Morgan fingerprint density at radius 3 is 2.50 bits per heavy atom. The first kappa shape index (κ1) is 12.8. The second-order valence-corrected chi connectivity index (χ2v) is 4.18. The standard InChI is InChI=1S/C14H20O2/c1-2-3-9-13(14(15)16)11-10-12-7-5-4-6-8-12/h4-8,13H,2-3,9-11H2,1H3,(H,15,16)/p-1. The molecule has 2 heteroatoms. The van der Waals surface area contributed by atoms with E-state index in [1.807, 2.05) is 30.3 Å². The van der Waals surface area contributed by atoms with Crippen molar-refractivity contribution in [2.75, 3.05) is 0 Å². The van der Waals surface area contributed by atoms with Gasteiger partial charge in [-0.15, -0.1) is 0 Å². The van der Waals surface area contributed by atoms with Crippen LogP contribution in [0, 0.1) is 5.92 Å². The summed E-state index contributed by atoms with van der Waals surface area (Å²) in [5, 5.41) is 10.9. The molecule has 0 heterocycles. The van der Waals surface area contributed by atoms with Crippen LogP contribution in [0.5, 0.6) is 0 Å². The van der Waals surface area contributed by atoms with Crippen LogP contribution in [0.1, 0.15) is 38.2 Å². The van der Waals surface area contributed by atoms with Crippen molar-refractivity contribution < 1.29 is 9.90 Å². The van der Waals surface area contributed by atoms with E-state index in [-0.39, 0.29) is 5.92 Å². The van der Waals surface area contributed by atoms with Crippen molar-refractivity contribution >= 4 is 5.97 Å². The van der Waals surface area contributed by atoms with Crippen LogP contribution in [0.15, 0.2) is 30.3 Å². The third kappa shape index (κ3) is 4.47. The van der Waals surface area contributed by atoms with Gasteiger partial charge in [-0.1, -0.05) is 50.1 Å². The lowest BCUT2D eigenvalue weighted by Gasteiger charge is -2.17. The largest absolute Gasteiger partial charge is 0.550 e. The number of benzene rings is 1. The molecule has 88 valence electrons. The van der Waals surface area contributed by atoms with Crippen LogP contribution in [0.2, 0.25) is 0 Å². The van der Waals surface area contributed by atoms with Gasteiger partial charge in [-0.2, -0.15) is 0 Å². The predicted molar refractivity (Wildman–Crippen MR) is 62.8 cm³/mol. The minimum Gasteiger partial charge on any atom is -0.550 e. The molecule has 0 aliphatic carbocycles. The van der Waals surface area contributed by atoms with Gasteiger partial charge < -0.3 is 9.90 Å². The number of carboxylic acid groups (broad SMARTS) is 1. The normalized spacial score (nSPS) is 12.3. The Morgan fingerprint density at radius 1 is 1.25 bits per heavy atom. The van der Waals surface area contributed by atoms with E-state index >= 15 is 0 Å². The molecule has 16 heavy (non-hydrogen) atoms. The summed E-state index contributed by atoms with van der Waals surface area (Å²) in [6, 6.07) is 10.00. The number of unbranched alkanes of at least 4 members (excludes halogenated alkanes) is 1. The second kappa shape index (κ2) is 7.04. The molecule has 0 radical (unpaired) electrons. The smallest absolute Gasteiger partial charge is 0.0445 e. The molecule has 1 unspecified atom stereocenters. The molecule has 0 aliphatic rings. The second-order valence-electron chi connectivity index (χ2n) is 4.18. The summed E-state index contributed by atoms with van der Waals surface area (Å²) in [4.78, 5) is 10.9. The molecule has 0 amide bonds. The molecule has 1 rings (SSSR count).